The van der Waals surface area contributed by atoms with Crippen LogP contribution < -0.4 is 11.1 Å². The highest BCUT2D eigenvalue weighted by molar-refractivity contribution is 7.89. The summed E-state index contributed by atoms with van der Waals surface area (Å²) in [7, 11) is -3.82. The minimum Gasteiger partial charge on any atom is -0.438 e. The average molecular weight is 409 g/mol. The lowest BCUT2D eigenvalue weighted by Gasteiger charge is -2.35. The zero-order valence-electron chi connectivity index (χ0n) is 14.7. The number of anilines is 1. The second-order valence-electron chi connectivity index (χ2n) is 6.17. The van der Waals surface area contributed by atoms with Crippen molar-refractivity contribution in [3.8, 4) is 0 Å². The summed E-state index contributed by atoms with van der Waals surface area (Å²) in [5.74, 6) is -0.996. The van der Waals surface area contributed by atoms with Crippen molar-refractivity contribution in [2.75, 3.05) is 31.5 Å². The molecule has 1 amide bonds. The van der Waals surface area contributed by atoms with Crippen molar-refractivity contribution < 1.29 is 17.6 Å². The predicted octanol–water partition coefficient (Wildman–Crippen LogP) is 1.39. The van der Waals surface area contributed by atoms with Gasteiger partial charge in [0.25, 0.3) is 15.9 Å². The van der Waals surface area contributed by atoms with Gasteiger partial charge in [-0.1, -0.05) is 12.1 Å². The quantitative estimate of drug-likeness (QED) is 0.736. The second kappa shape index (κ2) is 7.67. The van der Waals surface area contributed by atoms with Crippen LogP contribution in [0.1, 0.15) is 16.1 Å². The molecule has 8 nitrogen and oxygen atoms in total. The van der Waals surface area contributed by atoms with Crippen LogP contribution >= 0.6 is 12.2 Å². The molecule has 27 heavy (non-hydrogen) atoms. The Morgan fingerprint density at radius 2 is 1.89 bits per heavy atom. The van der Waals surface area contributed by atoms with Gasteiger partial charge in [-0.15, -0.1) is 0 Å². The van der Waals surface area contributed by atoms with Crippen LogP contribution in [0.4, 0.5) is 5.69 Å². The van der Waals surface area contributed by atoms with Gasteiger partial charge in [0.1, 0.15) is 0 Å². The third-order valence-electron chi connectivity index (χ3n) is 4.21. The molecule has 0 spiro atoms. The summed E-state index contributed by atoms with van der Waals surface area (Å²) in [6.07, 6.45) is 0. The summed E-state index contributed by atoms with van der Waals surface area (Å²) < 4.78 is 31.7. The molecule has 2 aromatic rings. The van der Waals surface area contributed by atoms with Gasteiger partial charge < -0.3 is 20.4 Å². The molecule has 3 N–H and O–H groups in total. The van der Waals surface area contributed by atoms with Crippen LogP contribution in [-0.2, 0) is 10.0 Å². The van der Waals surface area contributed by atoms with E-state index in [4.69, 9.17) is 22.4 Å². The number of benzene rings is 1. The number of nitrogens with zero attached hydrogens (tertiary/aromatic N) is 2. The number of hydrogen-bond acceptors (Lipinski definition) is 5. The number of furan rings is 1. The molecule has 10 heteroatoms. The minimum absolute atomic E-state index is 0.184. The van der Waals surface area contributed by atoms with Crippen molar-refractivity contribution in [2.45, 2.75) is 12.0 Å². The summed E-state index contributed by atoms with van der Waals surface area (Å²) >= 11 is 5.43. The Morgan fingerprint density at radius 1 is 1.19 bits per heavy atom. The van der Waals surface area contributed by atoms with Crippen LogP contribution in [0.15, 0.2) is 45.9 Å². The number of rotatable bonds is 4. The van der Waals surface area contributed by atoms with Crippen LogP contribution in [0.2, 0.25) is 0 Å². The summed E-state index contributed by atoms with van der Waals surface area (Å²) in [4.78, 5) is 13.0. The number of thiocarbonyl (C=S) groups is 1. The molecule has 0 atom stereocenters. The number of carbonyl (C=O) groups excluding carboxylic acids is 1. The van der Waals surface area contributed by atoms with Crippen molar-refractivity contribution in [1.29, 1.82) is 0 Å². The lowest BCUT2D eigenvalue weighted by atomic mass is 10.2. The largest absolute Gasteiger partial charge is 0.438 e. The molecule has 0 saturated carbocycles. The molecule has 1 aromatic carbocycles. The molecule has 1 saturated heterocycles. The van der Waals surface area contributed by atoms with E-state index in [-0.39, 0.29) is 23.9 Å². The second-order valence-corrected chi connectivity index (χ2v) is 8.43. The van der Waals surface area contributed by atoms with Crippen molar-refractivity contribution in [1.82, 2.24) is 9.21 Å². The monoisotopic (exact) mass is 408 g/mol. The van der Waals surface area contributed by atoms with Crippen LogP contribution in [0, 0.1) is 6.92 Å². The molecule has 2 heterocycles. The zero-order chi connectivity index (χ0) is 19.6. The lowest BCUT2D eigenvalue weighted by Crippen LogP contribution is -2.51. The van der Waals surface area contributed by atoms with Gasteiger partial charge in [0.15, 0.2) is 10.9 Å². The molecule has 0 aliphatic carbocycles. The van der Waals surface area contributed by atoms with Crippen LogP contribution in [0.3, 0.4) is 0 Å². The number of hydrogen-bond donors (Lipinski definition) is 2. The number of nitrogens with one attached hydrogen (secondary N) is 1. The Morgan fingerprint density at radius 3 is 2.48 bits per heavy atom. The van der Waals surface area contributed by atoms with Crippen molar-refractivity contribution in [3.05, 3.63) is 47.7 Å². The Labute approximate surface area is 163 Å². The predicted molar refractivity (Wildman–Crippen MR) is 105 cm³/mol. The van der Waals surface area contributed by atoms with E-state index in [2.05, 4.69) is 5.32 Å². The Bertz CT molecular complexity index is 963. The fourth-order valence-corrected chi connectivity index (χ4v) is 4.41. The molecule has 0 radical (unpaired) electrons. The van der Waals surface area contributed by atoms with Crippen molar-refractivity contribution in [2.24, 2.45) is 5.73 Å². The van der Waals surface area contributed by atoms with Gasteiger partial charge in [0.2, 0.25) is 5.09 Å². The fraction of sp³-hybridized carbons (Fsp3) is 0.294. The van der Waals surface area contributed by atoms with E-state index in [1.807, 2.05) is 36.1 Å². The highest BCUT2D eigenvalue weighted by atomic mass is 32.2. The van der Waals surface area contributed by atoms with Gasteiger partial charge in [-0.25, -0.2) is 8.42 Å². The molecule has 1 aliphatic rings. The van der Waals surface area contributed by atoms with Crippen LogP contribution in [0.25, 0.3) is 0 Å². The third kappa shape index (κ3) is 4.29. The van der Waals surface area contributed by atoms with E-state index < -0.39 is 15.9 Å². The SMILES string of the molecule is Cc1cccc(NC(=S)N2CCN(S(=O)(=O)c3ccc(C(N)=O)o3)CC2)c1. The number of amides is 1. The number of nitrogens with two attached hydrogens (primary N) is 1. The number of aryl methyl sites for hydroxylation is 1. The van der Waals surface area contributed by atoms with Gasteiger partial charge in [0.05, 0.1) is 0 Å². The summed E-state index contributed by atoms with van der Waals surface area (Å²) in [6.45, 7) is 3.39. The standard InChI is InChI=1S/C17H20N4O4S2/c1-12-3-2-4-13(11-12)19-17(26)20-7-9-21(10-8-20)27(23,24)15-6-5-14(25-15)16(18)22/h2-6,11H,7-10H2,1H3,(H2,18,22)(H,19,26). The van der Waals surface area contributed by atoms with Gasteiger partial charge in [-0.2, -0.15) is 4.31 Å². The van der Waals surface area contributed by atoms with E-state index >= 15 is 0 Å². The molecule has 0 bridgehead atoms. The van der Waals surface area contributed by atoms with Crippen LogP contribution in [0.5, 0.6) is 0 Å². The maximum absolute atomic E-state index is 12.6. The maximum atomic E-state index is 12.6. The Balaban J connectivity index is 1.62. The molecule has 0 unspecified atom stereocenters. The topological polar surface area (TPSA) is 109 Å². The van der Waals surface area contributed by atoms with E-state index in [0.717, 1.165) is 11.3 Å². The Kier molecular flexibility index (Phi) is 5.49. The first-order chi connectivity index (χ1) is 12.8. The van der Waals surface area contributed by atoms with Gasteiger partial charge in [-0.05, 0) is 49.0 Å². The van der Waals surface area contributed by atoms with E-state index in [1.165, 1.54) is 16.4 Å². The maximum Gasteiger partial charge on any atom is 0.284 e. The van der Waals surface area contributed by atoms with Crippen LogP contribution in [-0.4, -0.2) is 54.8 Å². The molecule has 3 rings (SSSR count). The number of carbonyl (C=O) groups is 1. The van der Waals surface area contributed by atoms with E-state index in [9.17, 15) is 13.2 Å². The normalized spacial score (nSPS) is 15.5. The minimum atomic E-state index is -3.82. The summed E-state index contributed by atoms with van der Waals surface area (Å²) in [6, 6.07) is 10.3. The summed E-state index contributed by atoms with van der Waals surface area (Å²) in [5.41, 5.74) is 7.12. The summed E-state index contributed by atoms with van der Waals surface area (Å²) in [5, 5.41) is 3.43. The van der Waals surface area contributed by atoms with Crippen molar-refractivity contribution in [3.63, 3.8) is 0 Å². The van der Waals surface area contributed by atoms with Crippen molar-refractivity contribution >= 4 is 38.9 Å². The first-order valence-electron chi connectivity index (χ1n) is 8.30. The van der Waals surface area contributed by atoms with Gasteiger partial charge >= 0.3 is 0 Å². The number of sulfonamides is 1. The number of primary amides is 1. The molecule has 144 valence electrons. The number of piperazine rings is 1. The lowest BCUT2D eigenvalue weighted by molar-refractivity contribution is 0.0968. The first-order valence-corrected chi connectivity index (χ1v) is 10.1. The highest BCUT2D eigenvalue weighted by Crippen LogP contribution is 2.20. The third-order valence-corrected chi connectivity index (χ3v) is 6.35. The average Bonchev–Trinajstić information content (AvgIpc) is 3.13. The van der Waals surface area contributed by atoms with Gasteiger partial charge in [-0.3, -0.25) is 4.79 Å². The molecule has 1 aliphatic heterocycles. The molecular formula is C17H20N4O4S2. The fourth-order valence-electron chi connectivity index (χ4n) is 2.78. The molecule has 1 aromatic heterocycles. The van der Waals surface area contributed by atoms with E-state index in [1.54, 1.807) is 0 Å². The molecule has 1 fully saturated rings. The first kappa shape index (κ1) is 19.3. The molecular weight excluding hydrogens is 388 g/mol. The highest BCUT2D eigenvalue weighted by Gasteiger charge is 2.32. The smallest absolute Gasteiger partial charge is 0.284 e. The van der Waals surface area contributed by atoms with E-state index in [0.29, 0.717) is 18.2 Å². The zero-order valence-corrected chi connectivity index (χ0v) is 16.3. The Hall–Kier alpha value is -2.43. The van der Waals surface area contributed by atoms with Gasteiger partial charge in [0, 0.05) is 31.9 Å².